The first kappa shape index (κ1) is 23.7. The number of ether oxygens (including phenoxy) is 1. The average molecular weight is 445 g/mol. The maximum absolute atomic E-state index is 13.1. The zero-order valence-electron chi connectivity index (χ0n) is 20.1. The Hall–Kier alpha value is -1.49. The van der Waals surface area contributed by atoms with Crippen molar-refractivity contribution in [2.24, 2.45) is 28.6 Å². The van der Waals surface area contributed by atoms with Gasteiger partial charge in [0.2, 0.25) is 0 Å². The molecule has 32 heavy (non-hydrogen) atoms. The summed E-state index contributed by atoms with van der Waals surface area (Å²) in [6.45, 7) is 5.99. The zero-order chi connectivity index (χ0) is 23.1. The summed E-state index contributed by atoms with van der Waals surface area (Å²) in [5, 5.41) is 10.5. The lowest BCUT2D eigenvalue weighted by Crippen LogP contribution is -2.59. The Kier molecular flexibility index (Phi) is 6.43. The summed E-state index contributed by atoms with van der Waals surface area (Å²) in [6, 6.07) is 0. The molecular weight excluding hydrogens is 404 g/mol. The van der Waals surface area contributed by atoms with E-state index in [4.69, 9.17) is 4.74 Å². The monoisotopic (exact) mass is 444 g/mol. The molecule has 0 amide bonds. The van der Waals surface area contributed by atoms with Crippen LogP contribution in [0.2, 0.25) is 0 Å². The van der Waals surface area contributed by atoms with Gasteiger partial charge < -0.3 is 9.84 Å². The van der Waals surface area contributed by atoms with Crippen molar-refractivity contribution in [3.63, 3.8) is 0 Å². The van der Waals surface area contributed by atoms with Gasteiger partial charge in [0.1, 0.15) is 0 Å². The Bertz CT molecular complexity index is 815. The van der Waals surface area contributed by atoms with E-state index in [1.54, 1.807) is 6.92 Å². The van der Waals surface area contributed by atoms with Gasteiger partial charge in [-0.05, 0) is 82.1 Å². The van der Waals surface area contributed by atoms with Gasteiger partial charge in [-0.25, -0.2) is 0 Å². The fraction of sp³-hybridized carbons (Fsp3) is 0.815. The third kappa shape index (κ3) is 3.41. The van der Waals surface area contributed by atoms with E-state index in [-0.39, 0.29) is 35.0 Å². The molecule has 3 saturated carbocycles. The number of hydrogen-bond acceptors (Lipinski definition) is 5. The van der Waals surface area contributed by atoms with E-state index >= 15 is 0 Å². The highest BCUT2D eigenvalue weighted by molar-refractivity contribution is 5.92. The molecule has 0 spiro atoms. The molecular formula is C27H40O5. The molecule has 6 atom stereocenters. The van der Waals surface area contributed by atoms with Gasteiger partial charge in [0.05, 0.1) is 6.61 Å². The highest BCUT2D eigenvalue weighted by atomic mass is 16.6. The normalized spacial score (nSPS) is 40.7. The molecule has 0 unspecified atom stereocenters. The number of unbranched alkanes of at least 4 members (excludes halogenated alkanes) is 2. The van der Waals surface area contributed by atoms with Gasteiger partial charge in [-0.1, -0.05) is 32.3 Å². The Labute approximate surface area is 192 Å². The molecule has 5 heteroatoms. The van der Waals surface area contributed by atoms with Gasteiger partial charge in [-0.15, -0.1) is 0 Å². The molecule has 0 aromatic rings. The summed E-state index contributed by atoms with van der Waals surface area (Å²) in [6.07, 6.45) is 11.4. The summed E-state index contributed by atoms with van der Waals surface area (Å²) >= 11 is 0. The van der Waals surface area contributed by atoms with Gasteiger partial charge >= 0.3 is 5.97 Å². The Balaban J connectivity index is 1.61. The highest BCUT2D eigenvalue weighted by Gasteiger charge is 2.68. The predicted octanol–water partition coefficient (Wildman–Crippen LogP) is 4.94. The average Bonchev–Trinajstić information content (AvgIpc) is 3.07. The number of Topliss-reactive ketones (excluding diaryl/α,β-unsaturated/α-hetero) is 1. The lowest BCUT2D eigenvalue weighted by Gasteiger charge is -2.59. The lowest BCUT2D eigenvalue weighted by molar-refractivity contribution is -0.190. The zero-order valence-corrected chi connectivity index (χ0v) is 20.1. The molecule has 0 saturated heterocycles. The van der Waals surface area contributed by atoms with Crippen molar-refractivity contribution < 1.29 is 24.2 Å². The third-order valence-corrected chi connectivity index (χ3v) is 9.93. The molecule has 0 heterocycles. The van der Waals surface area contributed by atoms with E-state index in [0.717, 1.165) is 63.4 Å². The van der Waals surface area contributed by atoms with Crippen LogP contribution >= 0.6 is 0 Å². The summed E-state index contributed by atoms with van der Waals surface area (Å²) in [5.41, 5.74) is -0.504. The molecule has 0 radical (unpaired) electrons. The molecule has 4 aliphatic carbocycles. The van der Waals surface area contributed by atoms with Crippen molar-refractivity contribution in [3.8, 4) is 0 Å². The third-order valence-electron chi connectivity index (χ3n) is 9.93. The summed E-state index contributed by atoms with van der Waals surface area (Å²) in [4.78, 5) is 37.9. The van der Waals surface area contributed by atoms with Gasteiger partial charge in [-0.2, -0.15) is 0 Å². The quantitative estimate of drug-likeness (QED) is 0.444. The van der Waals surface area contributed by atoms with Gasteiger partial charge in [-0.3, -0.25) is 14.4 Å². The minimum absolute atomic E-state index is 0.0127. The summed E-state index contributed by atoms with van der Waals surface area (Å²) in [7, 11) is 0. The number of aliphatic hydroxyl groups excluding tert-OH is 1. The van der Waals surface area contributed by atoms with Gasteiger partial charge in [0, 0.05) is 23.7 Å². The van der Waals surface area contributed by atoms with Crippen LogP contribution in [0.3, 0.4) is 0 Å². The molecule has 0 bridgehead atoms. The van der Waals surface area contributed by atoms with E-state index in [0.29, 0.717) is 37.0 Å². The summed E-state index contributed by atoms with van der Waals surface area (Å²) in [5.74, 6) is 0.976. The van der Waals surface area contributed by atoms with Crippen molar-refractivity contribution in [2.45, 2.75) is 103 Å². The molecule has 0 aromatic heterocycles. The van der Waals surface area contributed by atoms with Crippen LogP contribution in [-0.4, -0.2) is 34.9 Å². The molecule has 1 N–H and O–H groups in total. The topological polar surface area (TPSA) is 80.7 Å². The van der Waals surface area contributed by atoms with Gasteiger partial charge in [0.15, 0.2) is 17.2 Å². The van der Waals surface area contributed by atoms with Crippen LogP contribution in [0.25, 0.3) is 0 Å². The van der Waals surface area contributed by atoms with E-state index in [2.05, 4.69) is 13.8 Å². The fourth-order valence-corrected chi connectivity index (χ4v) is 8.24. The number of hydrogen-bond donors (Lipinski definition) is 1. The maximum atomic E-state index is 13.1. The van der Waals surface area contributed by atoms with E-state index < -0.39 is 5.60 Å². The Morgan fingerprint density at radius 3 is 2.53 bits per heavy atom. The molecule has 178 valence electrons. The highest BCUT2D eigenvalue weighted by Crippen LogP contribution is 2.68. The summed E-state index contributed by atoms with van der Waals surface area (Å²) < 4.78 is 6.14. The predicted molar refractivity (Wildman–Crippen MR) is 122 cm³/mol. The fourth-order valence-electron chi connectivity index (χ4n) is 8.24. The standard InChI is InChI=1S/C27H40O5/c1-4-5-6-7-24(31)32-27(18(2)29)15-12-22-21-9-8-19-16-20(30)10-14-26(19,17-28)23(21)11-13-25(22,27)3/h16,21-23,28H,4-15,17H2,1-3H3/t21-,22-,23-,25-,26+,27-/m0/s1. The minimum Gasteiger partial charge on any atom is -0.450 e. The largest absolute Gasteiger partial charge is 0.450 e. The maximum Gasteiger partial charge on any atom is 0.306 e. The lowest BCUT2D eigenvalue weighted by atomic mass is 9.46. The van der Waals surface area contributed by atoms with Crippen LogP contribution in [0.1, 0.15) is 97.8 Å². The van der Waals surface area contributed by atoms with Crippen LogP contribution in [0, 0.1) is 28.6 Å². The van der Waals surface area contributed by atoms with E-state index in [1.807, 2.05) is 6.08 Å². The number of carbonyl (C=O) groups is 3. The van der Waals surface area contributed by atoms with Crippen LogP contribution < -0.4 is 0 Å². The molecule has 5 nitrogen and oxygen atoms in total. The Morgan fingerprint density at radius 2 is 1.84 bits per heavy atom. The molecule has 0 aliphatic heterocycles. The van der Waals surface area contributed by atoms with E-state index in [9.17, 15) is 19.5 Å². The van der Waals surface area contributed by atoms with Crippen molar-refractivity contribution >= 4 is 17.5 Å². The number of esters is 1. The number of fused-ring (bicyclic) bond motifs is 5. The second kappa shape index (κ2) is 8.70. The smallest absolute Gasteiger partial charge is 0.306 e. The number of rotatable bonds is 7. The van der Waals surface area contributed by atoms with Crippen molar-refractivity contribution in [1.29, 1.82) is 0 Å². The molecule has 0 aromatic carbocycles. The minimum atomic E-state index is -1.02. The van der Waals surface area contributed by atoms with Crippen LogP contribution in [0.4, 0.5) is 0 Å². The number of aliphatic hydroxyl groups is 1. The van der Waals surface area contributed by atoms with Gasteiger partial charge in [0.25, 0.3) is 0 Å². The van der Waals surface area contributed by atoms with E-state index in [1.165, 1.54) is 0 Å². The van der Waals surface area contributed by atoms with Crippen LogP contribution in [0.15, 0.2) is 11.6 Å². The second-order valence-electron chi connectivity index (χ2n) is 11.2. The molecule has 4 rings (SSSR count). The van der Waals surface area contributed by atoms with Crippen molar-refractivity contribution in [2.75, 3.05) is 6.61 Å². The Morgan fingerprint density at radius 1 is 1.09 bits per heavy atom. The number of ketones is 2. The molecule has 3 fully saturated rings. The first-order valence-electron chi connectivity index (χ1n) is 12.8. The van der Waals surface area contributed by atoms with Crippen molar-refractivity contribution in [1.82, 2.24) is 0 Å². The molecule has 4 aliphatic rings. The SMILES string of the molecule is CCCCCC(=O)O[C@]1(C(C)=O)CC[C@H]2[C@@H]3CCC4=CC(=O)CC[C@]4(CO)[C@H]3CC[C@@]21C. The van der Waals surface area contributed by atoms with Crippen molar-refractivity contribution in [3.05, 3.63) is 11.6 Å². The number of carbonyl (C=O) groups excluding carboxylic acids is 3. The second-order valence-corrected chi connectivity index (χ2v) is 11.2. The first-order valence-corrected chi connectivity index (χ1v) is 12.8. The first-order chi connectivity index (χ1) is 15.2. The van der Waals surface area contributed by atoms with Crippen LogP contribution in [0.5, 0.6) is 0 Å². The van der Waals surface area contributed by atoms with Crippen LogP contribution in [-0.2, 0) is 19.1 Å².